The zero-order chi connectivity index (χ0) is 47.6. The predicted octanol–water partition coefficient (Wildman–Crippen LogP) is 20.2. The summed E-state index contributed by atoms with van der Waals surface area (Å²) in [4.78, 5) is 0. The van der Waals surface area contributed by atoms with Crippen LogP contribution in [0.25, 0.3) is 21.9 Å². The lowest BCUT2D eigenvalue weighted by atomic mass is 10.1. The molecule has 61 heavy (non-hydrogen) atoms. The molecule has 334 valence electrons. The molecule has 0 atom stereocenters. The average Bonchev–Trinajstić information content (AvgIpc) is 3.32. The molecule has 0 bridgehead atoms. The van der Waals surface area contributed by atoms with E-state index in [2.05, 4.69) is 214 Å². The molecule has 0 aliphatic carbocycles. The fraction of sp³-hybridized carbons (Fsp3) is 0.344. The second kappa shape index (κ2) is 42.9. The van der Waals surface area contributed by atoms with Crippen molar-refractivity contribution in [3.8, 4) is 11.1 Å². The Labute approximate surface area is 379 Å². The first-order chi connectivity index (χ1) is 29.5. The molecule has 0 N–H and O–H groups in total. The molecular weight excluding hydrogens is 733 g/mol. The molecule has 0 spiro atoms. The third-order valence-corrected chi connectivity index (χ3v) is 8.44. The molecule has 0 aromatic heterocycles. The van der Waals surface area contributed by atoms with E-state index < -0.39 is 0 Å². The summed E-state index contributed by atoms with van der Waals surface area (Å²) >= 11 is 0. The molecule has 0 radical (unpaired) electrons. The highest BCUT2D eigenvalue weighted by Gasteiger charge is 1.93. The zero-order valence-corrected chi connectivity index (χ0v) is 43.1. The van der Waals surface area contributed by atoms with E-state index in [9.17, 15) is 0 Å². The maximum absolute atomic E-state index is 2.20. The first-order valence-electron chi connectivity index (χ1n) is 23.2. The van der Waals surface area contributed by atoms with Crippen molar-refractivity contribution in [2.24, 2.45) is 0 Å². The van der Waals surface area contributed by atoms with Gasteiger partial charge < -0.3 is 0 Å². The van der Waals surface area contributed by atoms with Crippen molar-refractivity contribution in [1.82, 2.24) is 0 Å². The van der Waals surface area contributed by atoms with Crippen molar-refractivity contribution in [2.75, 3.05) is 0 Å². The standard InChI is InChI=1S/C12H10.C10H8.3C9H12.6C2H6/c1-3-7-11(8-4-1)12-9-5-2-6-10-12;1-2-6-10-8-4-3-7-9(10)5-1;1-7-4-8(2)6-9(3)5-7;1-7-4-5-8(2)9(3)6-7;1-7-5-4-6-8(2)9(7)3;6*1-2/h1-10H;1-8H;3*4-6H,1-3H3;6*1-2H3. The van der Waals surface area contributed by atoms with Crippen molar-refractivity contribution < 1.29 is 0 Å². The normalized spacial score (nSPS) is 8.41. The van der Waals surface area contributed by atoms with Crippen molar-refractivity contribution in [3.63, 3.8) is 0 Å². The van der Waals surface area contributed by atoms with Gasteiger partial charge in [0, 0.05) is 0 Å². The monoisotopic (exact) mass is 823 g/mol. The van der Waals surface area contributed by atoms with E-state index in [0.717, 1.165) is 0 Å². The van der Waals surface area contributed by atoms with Gasteiger partial charge in [-0.15, -0.1) is 0 Å². The van der Waals surface area contributed by atoms with Crippen molar-refractivity contribution in [2.45, 2.75) is 145 Å². The van der Waals surface area contributed by atoms with E-state index in [-0.39, 0.29) is 0 Å². The molecule has 0 saturated heterocycles. The van der Waals surface area contributed by atoms with Crippen LogP contribution >= 0.6 is 0 Å². The molecule has 0 amide bonds. The highest BCUT2D eigenvalue weighted by Crippen LogP contribution is 2.17. The van der Waals surface area contributed by atoms with Crippen molar-refractivity contribution in [1.29, 1.82) is 0 Å². The number of aryl methyl sites for hydroxylation is 8. The van der Waals surface area contributed by atoms with Crippen molar-refractivity contribution in [3.05, 3.63) is 214 Å². The third kappa shape index (κ3) is 29.6. The van der Waals surface area contributed by atoms with E-state index in [1.165, 1.54) is 72.0 Å². The van der Waals surface area contributed by atoms with Crippen LogP contribution in [-0.2, 0) is 0 Å². The van der Waals surface area contributed by atoms with Gasteiger partial charge in [0.2, 0.25) is 0 Å². The Bertz CT molecular complexity index is 1810. The van der Waals surface area contributed by atoms with Gasteiger partial charge in [0.05, 0.1) is 0 Å². The molecule has 0 heterocycles. The highest BCUT2D eigenvalue weighted by atomic mass is 14.0. The Morgan fingerprint density at radius 2 is 0.508 bits per heavy atom. The first-order valence-corrected chi connectivity index (χ1v) is 23.2. The summed E-state index contributed by atoms with van der Waals surface area (Å²) in [5.74, 6) is 0. The van der Waals surface area contributed by atoms with E-state index in [0.29, 0.717) is 0 Å². The van der Waals surface area contributed by atoms with E-state index >= 15 is 0 Å². The highest BCUT2D eigenvalue weighted by molar-refractivity contribution is 5.82. The fourth-order valence-corrected chi connectivity index (χ4v) is 5.39. The minimum atomic E-state index is 1.28. The minimum absolute atomic E-state index is 1.28. The van der Waals surface area contributed by atoms with E-state index in [1.807, 2.05) is 95.2 Å². The van der Waals surface area contributed by atoms with Crippen LogP contribution in [0.1, 0.15) is 133 Å². The summed E-state index contributed by atoms with van der Waals surface area (Å²) in [5, 5.41) is 2.62. The Morgan fingerprint density at radius 1 is 0.213 bits per heavy atom. The molecule has 0 heteroatoms. The summed E-state index contributed by atoms with van der Waals surface area (Å²) in [6, 6.07) is 56.9. The van der Waals surface area contributed by atoms with Gasteiger partial charge in [-0.1, -0.05) is 269 Å². The Morgan fingerprint density at radius 3 is 0.770 bits per heavy atom. The molecule has 7 aromatic rings. The second-order valence-electron chi connectivity index (χ2n) is 12.8. The summed E-state index contributed by atoms with van der Waals surface area (Å²) < 4.78 is 0. The van der Waals surface area contributed by atoms with Gasteiger partial charge in [-0.3, -0.25) is 0 Å². The van der Waals surface area contributed by atoms with Crippen molar-refractivity contribution >= 4 is 10.8 Å². The maximum atomic E-state index is 2.20. The number of hydrogen-bond acceptors (Lipinski definition) is 0. The van der Waals surface area contributed by atoms with E-state index in [4.69, 9.17) is 0 Å². The van der Waals surface area contributed by atoms with Crippen LogP contribution in [0.5, 0.6) is 0 Å². The SMILES string of the molecule is CC.CC.CC.CC.CC.CC.Cc1cc(C)cc(C)c1.Cc1ccc(C)c(C)c1.Cc1cccc(C)c1C.c1ccc(-c2ccccc2)cc1.c1ccc2ccccc2c1. The van der Waals surface area contributed by atoms with Gasteiger partial charge in [-0.05, 0) is 112 Å². The Kier molecular flexibility index (Phi) is 43.9. The Hall–Kier alpha value is -5.20. The summed E-state index contributed by atoms with van der Waals surface area (Å²) in [5.41, 5.74) is 14.9. The largest absolute Gasteiger partial charge is 0.0683 e. The lowest BCUT2D eigenvalue weighted by Gasteiger charge is -2.00. The summed E-state index contributed by atoms with van der Waals surface area (Å²) in [6.45, 7) is 43.2. The van der Waals surface area contributed by atoms with Crippen LogP contribution in [0.4, 0.5) is 0 Å². The van der Waals surface area contributed by atoms with Crippen LogP contribution in [0, 0.1) is 62.3 Å². The average molecular weight is 823 g/mol. The smallest absolute Gasteiger partial charge is 0.0184 e. The molecule has 0 fully saturated rings. The lowest BCUT2D eigenvalue weighted by molar-refractivity contribution is 1.27. The molecule has 0 aliphatic heterocycles. The van der Waals surface area contributed by atoms with Crippen LogP contribution in [0.2, 0.25) is 0 Å². The van der Waals surface area contributed by atoms with Gasteiger partial charge in [-0.25, -0.2) is 0 Å². The fourth-order valence-electron chi connectivity index (χ4n) is 5.39. The number of fused-ring (bicyclic) bond motifs is 1. The van der Waals surface area contributed by atoms with Crippen LogP contribution < -0.4 is 0 Å². The zero-order valence-electron chi connectivity index (χ0n) is 43.1. The third-order valence-electron chi connectivity index (χ3n) is 8.44. The van der Waals surface area contributed by atoms with Crippen LogP contribution in [0.3, 0.4) is 0 Å². The van der Waals surface area contributed by atoms with Gasteiger partial charge in [0.25, 0.3) is 0 Å². The summed E-state index contributed by atoms with van der Waals surface area (Å²) in [6.07, 6.45) is 0. The van der Waals surface area contributed by atoms with Gasteiger partial charge in [0.15, 0.2) is 0 Å². The molecule has 7 rings (SSSR count). The number of benzene rings is 7. The molecule has 0 aliphatic rings. The Balaban J connectivity index is -0.000000314. The maximum Gasteiger partial charge on any atom is -0.0184 e. The van der Waals surface area contributed by atoms with Gasteiger partial charge in [-0.2, -0.15) is 0 Å². The molecule has 0 saturated carbocycles. The predicted molar refractivity (Wildman–Crippen MR) is 286 cm³/mol. The van der Waals surface area contributed by atoms with Gasteiger partial charge in [0.1, 0.15) is 0 Å². The van der Waals surface area contributed by atoms with Crippen LogP contribution in [0.15, 0.2) is 164 Å². The molecule has 0 unspecified atom stereocenters. The number of rotatable bonds is 1. The number of hydrogen-bond donors (Lipinski definition) is 0. The lowest BCUT2D eigenvalue weighted by Crippen LogP contribution is -1.82. The molecular formula is C61H90. The molecule has 7 aromatic carbocycles. The van der Waals surface area contributed by atoms with E-state index in [1.54, 1.807) is 0 Å². The van der Waals surface area contributed by atoms with Gasteiger partial charge >= 0.3 is 0 Å². The quantitative estimate of drug-likeness (QED) is 0.155. The van der Waals surface area contributed by atoms with Crippen LogP contribution in [-0.4, -0.2) is 0 Å². The summed E-state index contributed by atoms with van der Waals surface area (Å²) in [7, 11) is 0. The molecule has 0 nitrogen and oxygen atoms in total. The topological polar surface area (TPSA) is 0 Å². The first kappa shape index (κ1) is 62.5. The minimum Gasteiger partial charge on any atom is -0.0683 e. The second-order valence-corrected chi connectivity index (χ2v) is 12.8.